The van der Waals surface area contributed by atoms with E-state index in [1.54, 1.807) is 7.11 Å². The van der Waals surface area contributed by atoms with Gasteiger partial charge in [0.2, 0.25) is 0 Å². The first kappa shape index (κ1) is 16.1. The maximum Gasteiger partial charge on any atom is 0.115 e. The fourth-order valence-electron chi connectivity index (χ4n) is 2.14. The van der Waals surface area contributed by atoms with Crippen LogP contribution in [0.1, 0.15) is 30.6 Å². The van der Waals surface area contributed by atoms with Gasteiger partial charge in [0.25, 0.3) is 0 Å². The van der Waals surface area contributed by atoms with Crippen LogP contribution in [-0.4, -0.2) is 40.0 Å². The third-order valence-corrected chi connectivity index (χ3v) is 3.74. The van der Waals surface area contributed by atoms with Crippen molar-refractivity contribution in [2.75, 3.05) is 20.3 Å². The summed E-state index contributed by atoms with van der Waals surface area (Å²) >= 11 is 3.59. The molecule has 6 nitrogen and oxygen atoms in total. The number of ether oxygens (including phenoxy) is 1. The highest BCUT2D eigenvalue weighted by molar-refractivity contribution is 9.10. The van der Waals surface area contributed by atoms with Crippen molar-refractivity contribution in [3.8, 4) is 0 Å². The molecule has 0 saturated carbocycles. The van der Waals surface area contributed by atoms with E-state index in [-0.39, 0.29) is 6.04 Å². The Morgan fingerprint density at radius 3 is 2.76 bits per heavy atom. The molecule has 1 unspecified atom stereocenters. The minimum absolute atomic E-state index is 0.000110. The molecular formula is C14H20BrN5O. The van der Waals surface area contributed by atoms with Gasteiger partial charge in [-0.05, 0) is 28.9 Å². The van der Waals surface area contributed by atoms with E-state index in [2.05, 4.69) is 43.2 Å². The lowest BCUT2D eigenvalue weighted by Gasteiger charge is -2.20. The molecule has 0 aromatic carbocycles. The molecule has 0 radical (unpaired) electrons. The van der Waals surface area contributed by atoms with Crippen molar-refractivity contribution in [2.45, 2.75) is 25.9 Å². The van der Waals surface area contributed by atoms with E-state index in [9.17, 15) is 0 Å². The average molecular weight is 354 g/mol. The molecule has 2 heterocycles. The summed E-state index contributed by atoms with van der Waals surface area (Å²) in [6, 6.07) is -0.000110. The molecule has 0 fully saturated rings. The highest BCUT2D eigenvalue weighted by Crippen LogP contribution is 2.28. The van der Waals surface area contributed by atoms with Crippen LogP contribution in [0.15, 0.2) is 29.4 Å². The highest BCUT2D eigenvalue weighted by Gasteiger charge is 2.21. The summed E-state index contributed by atoms with van der Waals surface area (Å²) in [6.45, 7) is 4.37. The molecule has 2 rings (SSSR count). The Morgan fingerprint density at radius 1 is 1.33 bits per heavy atom. The van der Waals surface area contributed by atoms with Gasteiger partial charge in [-0.15, -0.1) is 0 Å². The minimum Gasteiger partial charge on any atom is -0.383 e. The molecule has 0 amide bonds. The Morgan fingerprint density at radius 2 is 2.10 bits per heavy atom. The predicted molar refractivity (Wildman–Crippen MR) is 84.0 cm³/mol. The van der Waals surface area contributed by atoms with E-state index in [0.717, 1.165) is 28.7 Å². The quantitative estimate of drug-likeness (QED) is 0.787. The normalized spacial score (nSPS) is 12.5. The largest absolute Gasteiger partial charge is 0.383 e. The number of rotatable bonds is 8. The van der Waals surface area contributed by atoms with Crippen LogP contribution < -0.4 is 5.32 Å². The maximum absolute atomic E-state index is 5.16. The van der Waals surface area contributed by atoms with Gasteiger partial charge >= 0.3 is 0 Å². The van der Waals surface area contributed by atoms with Gasteiger partial charge in [-0.25, -0.2) is 9.97 Å². The van der Waals surface area contributed by atoms with E-state index < -0.39 is 0 Å². The lowest BCUT2D eigenvalue weighted by Crippen LogP contribution is -2.27. The molecule has 2 aromatic rings. The average Bonchev–Trinajstić information content (AvgIpc) is 2.88. The fraction of sp³-hybridized carbons (Fsp3) is 0.500. The molecule has 0 aliphatic carbocycles. The van der Waals surface area contributed by atoms with Crippen LogP contribution in [0.4, 0.5) is 0 Å². The number of nitrogens with zero attached hydrogens (tertiary/aromatic N) is 4. The zero-order valence-electron chi connectivity index (χ0n) is 12.3. The van der Waals surface area contributed by atoms with Crippen LogP contribution >= 0.6 is 15.9 Å². The number of halogens is 1. The zero-order chi connectivity index (χ0) is 15.1. The first-order valence-corrected chi connectivity index (χ1v) is 7.75. The molecule has 0 saturated heterocycles. The number of aromatic nitrogens is 4. The van der Waals surface area contributed by atoms with Crippen molar-refractivity contribution in [3.63, 3.8) is 0 Å². The van der Waals surface area contributed by atoms with Gasteiger partial charge < -0.3 is 10.1 Å². The monoisotopic (exact) mass is 353 g/mol. The molecular weight excluding hydrogens is 334 g/mol. The molecule has 114 valence electrons. The smallest absolute Gasteiger partial charge is 0.115 e. The third-order valence-electron chi connectivity index (χ3n) is 3.13. The molecule has 1 atom stereocenters. The first-order valence-electron chi connectivity index (χ1n) is 6.96. The van der Waals surface area contributed by atoms with Crippen molar-refractivity contribution in [1.82, 2.24) is 25.1 Å². The molecule has 21 heavy (non-hydrogen) atoms. The third kappa shape index (κ3) is 4.09. The van der Waals surface area contributed by atoms with Crippen molar-refractivity contribution >= 4 is 15.9 Å². The molecule has 0 bridgehead atoms. The van der Waals surface area contributed by atoms with E-state index in [1.165, 1.54) is 6.33 Å². The first-order chi connectivity index (χ1) is 10.3. The Kier molecular flexibility index (Phi) is 6.28. The predicted octanol–water partition coefficient (Wildman–Crippen LogP) is 2.17. The second kappa shape index (κ2) is 8.21. The molecule has 1 N–H and O–H groups in total. The molecule has 2 aromatic heterocycles. The molecule has 0 aliphatic heterocycles. The zero-order valence-corrected chi connectivity index (χ0v) is 13.9. The highest BCUT2D eigenvalue weighted by atomic mass is 79.9. The number of methoxy groups -OCH3 is 1. The standard InChI is InChI=1S/C14H20BrN5O/c1-3-4-18-13(11-7-16-10-17-8-11)14-12(15)9-19-20(14)5-6-21-2/h7-10,13,18H,3-6H2,1-2H3. The number of nitrogens with one attached hydrogen (secondary N) is 1. The van der Waals surface area contributed by atoms with Gasteiger partial charge in [-0.1, -0.05) is 6.92 Å². The van der Waals surface area contributed by atoms with Crippen LogP contribution in [0.2, 0.25) is 0 Å². The summed E-state index contributed by atoms with van der Waals surface area (Å²) in [5.41, 5.74) is 2.08. The van der Waals surface area contributed by atoms with Gasteiger partial charge in [-0.3, -0.25) is 4.68 Å². The van der Waals surface area contributed by atoms with Crippen LogP contribution in [0, 0.1) is 0 Å². The number of hydrogen-bond acceptors (Lipinski definition) is 5. The van der Waals surface area contributed by atoms with E-state index in [4.69, 9.17) is 4.74 Å². The Hall–Kier alpha value is -1.31. The van der Waals surface area contributed by atoms with Gasteiger partial charge in [0, 0.05) is 25.1 Å². The van der Waals surface area contributed by atoms with E-state index in [0.29, 0.717) is 13.2 Å². The Balaban J connectivity index is 2.34. The van der Waals surface area contributed by atoms with Crippen LogP contribution in [0.5, 0.6) is 0 Å². The minimum atomic E-state index is -0.000110. The lowest BCUT2D eigenvalue weighted by molar-refractivity contribution is 0.182. The van der Waals surface area contributed by atoms with Gasteiger partial charge in [0.05, 0.1) is 35.6 Å². The Bertz CT molecular complexity index is 546. The summed E-state index contributed by atoms with van der Waals surface area (Å²) < 4.78 is 8.08. The van der Waals surface area contributed by atoms with Gasteiger partial charge in [-0.2, -0.15) is 5.10 Å². The summed E-state index contributed by atoms with van der Waals surface area (Å²) in [6.07, 6.45) is 8.07. The summed E-state index contributed by atoms with van der Waals surface area (Å²) in [7, 11) is 1.69. The summed E-state index contributed by atoms with van der Waals surface area (Å²) in [5, 5.41) is 7.95. The number of hydrogen-bond donors (Lipinski definition) is 1. The van der Waals surface area contributed by atoms with Crippen molar-refractivity contribution in [3.05, 3.63) is 40.6 Å². The van der Waals surface area contributed by atoms with Crippen LogP contribution in [0.3, 0.4) is 0 Å². The van der Waals surface area contributed by atoms with Gasteiger partial charge in [0.1, 0.15) is 6.33 Å². The van der Waals surface area contributed by atoms with Crippen molar-refractivity contribution in [2.24, 2.45) is 0 Å². The topological polar surface area (TPSA) is 64.9 Å². The molecule has 7 heteroatoms. The lowest BCUT2D eigenvalue weighted by atomic mass is 10.1. The van der Waals surface area contributed by atoms with Crippen molar-refractivity contribution < 1.29 is 4.74 Å². The van der Waals surface area contributed by atoms with Crippen molar-refractivity contribution in [1.29, 1.82) is 0 Å². The molecule has 0 aliphatic rings. The Labute approximate surface area is 133 Å². The second-order valence-corrected chi connectivity index (χ2v) is 5.51. The fourth-order valence-corrected chi connectivity index (χ4v) is 2.66. The SMILES string of the molecule is CCCNC(c1cncnc1)c1c(Br)cnn1CCOC. The molecule has 0 spiro atoms. The summed E-state index contributed by atoms with van der Waals surface area (Å²) in [5.74, 6) is 0. The van der Waals surface area contributed by atoms with Crippen LogP contribution in [0.25, 0.3) is 0 Å². The second-order valence-electron chi connectivity index (χ2n) is 4.65. The summed E-state index contributed by atoms with van der Waals surface area (Å²) in [4.78, 5) is 8.25. The maximum atomic E-state index is 5.16. The van der Waals surface area contributed by atoms with E-state index >= 15 is 0 Å². The van der Waals surface area contributed by atoms with Crippen LogP contribution in [-0.2, 0) is 11.3 Å². The van der Waals surface area contributed by atoms with Gasteiger partial charge in [0.15, 0.2) is 0 Å². The van der Waals surface area contributed by atoms with E-state index in [1.807, 2.05) is 23.3 Å².